The number of nitrogens with one attached hydrogen (secondary N) is 1. The summed E-state index contributed by atoms with van der Waals surface area (Å²) >= 11 is 0. The third-order valence-corrected chi connectivity index (χ3v) is 3.09. The fourth-order valence-corrected chi connectivity index (χ4v) is 2.08. The monoisotopic (exact) mass is 237 g/mol. The Morgan fingerprint density at radius 3 is 2.53 bits per heavy atom. The van der Waals surface area contributed by atoms with Crippen LogP contribution in [0.5, 0.6) is 0 Å². The van der Waals surface area contributed by atoms with E-state index in [1.807, 2.05) is 6.92 Å². The van der Waals surface area contributed by atoms with Crippen LogP contribution in [0.25, 0.3) is 0 Å². The summed E-state index contributed by atoms with van der Waals surface area (Å²) in [5.41, 5.74) is 0. The predicted octanol–water partition coefficient (Wildman–Crippen LogP) is 4.60. The first kappa shape index (κ1) is 14.3. The number of furan rings is 1. The predicted molar refractivity (Wildman–Crippen MR) is 73.2 cm³/mol. The highest BCUT2D eigenvalue weighted by atomic mass is 16.3. The van der Waals surface area contributed by atoms with Crippen LogP contribution >= 0.6 is 0 Å². The third kappa shape index (κ3) is 5.40. The molecule has 2 heteroatoms. The van der Waals surface area contributed by atoms with E-state index in [9.17, 15) is 0 Å². The Hall–Kier alpha value is -0.760. The van der Waals surface area contributed by atoms with E-state index in [0.29, 0.717) is 6.04 Å². The van der Waals surface area contributed by atoms with E-state index in [1.54, 1.807) is 0 Å². The van der Waals surface area contributed by atoms with Crippen LogP contribution in [0.15, 0.2) is 16.5 Å². The maximum Gasteiger partial charge on any atom is 0.121 e. The highest BCUT2D eigenvalue weighted by molar-refractivity contribution is 5.09. The van der Waals surface area contributed by atoms with Gasteiger partial charge in [0.05, 0.1) is 6.04 Å². The normalized spacial score (nSPS) is 12.9. The lowest BCUT2D eigenvalue weighted by atomic mass is 10.1. The average Bonchev–Trinajstić information content (AvgIpc) is 2.75. The minimum absolute atomic E-state index is 0.403. The first-order valence-corrected chi connectivity index (χ1v) is 7.07. The Kier molecular flexibility index (Phi) is 7.02. The van der Waals surface area contributed by atoms with Crippen molar-refractivity contribution in [3.05, 3.63) is 23.7 Å². The van der Waals surface area contributed by atoms with Crippen LogP contribution in [-0.4, -0.2) is 6.54 Å². The minimum Gasteiger partial charge on any atom is -0.465 e. The maximum atomic E-state index is 5.74. The first-order valence-electron chi connectivity index (χ1n) is 7.07. The molecule has 0 aliphatic rings. The molecule has 1 heterocycles. The SMILES string of the molecule is CCCCCCC(NCCC)c1ccc(C)o1. The van der Waals surface area contributed by atoms with E-state index in [1.165, 1.54) is 38.5 Å². The lowest BCUT2D eigenvalue weighted by molar-refractivity contribution is 0.375. The highest BCUT2D eigenvalue weighted by Crippen LogP contribution is 2.22. The molecule has 1 N–H and O–H groups in total. The van der Waals surface area contributed by atoms with Crippen LogP contribution in [0.3, 0.4) is 0 Å². The van der Waals surface area contributed by atoms with Crippen molar-refractivity contribution in [2.45, 2.75) is 65.3 Å². The fraction of sp³-hybridized carbons (Fsp3) is 0.733. The van der Waals surface area contributed by atoms with Crippen LogP contribution in [-0.2, 0) is 0 Å². The molecule has 0 aromatic carbocycles. The summed E-state index contributed by atoms with van der Waals surface area (Å²) < 4.78 is 5.74. The van der Waals surface area contributed by atoms with Gasteiger partial charge in [-0.1, -0.05) is 39.5 Å². The number of rotatable bonds is 9. The van der Waals surface area contributed by atoms with Crippen molar-refractivity contribution in [2.75, 3.05) is 6.54 Å². The van der Waals surface area contributed by atoms with Crippen LogP contribution in [0, 0.1) is 6.92 Å². The molecule has 0 spiro atoms. The van der Waals surface area contributed by atoms with Gasteiger partial charge in [-0.2, -0.15) is 0 Å². The Morgan fingerprint density at radius 2 is 1.94 bits per heavy atom. The van der Waals surface area contributed by atoms with Gasteiger partial charge in [0.1, 0.15) is 11.5 Å². The second kappa shape index (κ2) is 8.35. The molecule has 1 aromatic rings. The maximum absolute atomic E-state index is 5.74. The zero-order chi connectivity index (χ0) is 12.5. The largest absolute Gasteiger partial charge is 0.465 e. The number of hydrogen-bond acceptors (Lipinski definition) is 2. The zero-order valence-corrected chi connectivity index (χ0v) is 11.6. The first-order chi connectivity index (χ1) is 8.27. The molecule has 0 saturated carbocycles. The average molecular weight is 237 g/mol. The number of aryl methyl sites for hydroxylation is 1. The van der Waals surface area contributed by atoms with Gasteiger partial charge in [-0.3, -0.25) is 0 Å². The molecular formula is C15H27NO. The minimum atomic E-state index is 0.403. The van der Waals surface area contributed by atoms with E-state index in [2.05, 4.69) is 31.3 Å². The fourth-order valence-electron chi connectivity index (χ4n) is 2.08. The van der Waals surface area contributed by atoms with Gasteiger partial charge in [0, 0.05) is 0 Å². The number of unbranched alkanes of at least 4 members (excludes halogenated alkanes) is 3. The van der Waals surface area contributed by atoms with Crippen molar-refractivity contribution in [1.82, 2.24) is 5.32 Å². The topological polar surface area (TPSA) is 25.2 Å². The van der Waals surface area contributed by atoms with Gasteiger partial charge in [-0.25, -0.2) is 0 Å². The van der Waals surface area contributed by atoms with Gasteiger partial charge in [0.2, 0.25) is 0 Å². The van der Waals surface area contributed by atoms with Crippen LogP contribution in [0.2, 0.25) is 0 Å². The van der Waals surface area contributed by atoms with Crippen molar-refractivity contribution in [3.8, 4) is 0 Å². The van der Waals surface area contributed by atoms with Gasteiger partial charge < -0.3 is 9.73 Å². The third-order valence-electron chi connectivity index (χ3n) is 3.09. The van der Waals surface area contributed by atoms with E-state index < -0.39 is 0 Å². The van der Waals surface area contributed by atoms with Crippen LogP contribution < -0.4 is 5.32 Å². The Labute approximate surface area is 106 Å². The van der Waals surface area contributed by atoms with Crippen LogP contribution in [0.1, 0.15) is 69.9 Å². The Bertz CT molecular complexity index is 293. The number of hydrogen-bond donors (Lipinski definition) is 1. The van der Waals surface area contributed by atoms with Gasteiger partial charge in [-0.05, 0) is 38.4 Å². The van der Waals surface area contributed by atoms with Crippen molar-refractivity contribution in [1.29, 1.82) is 0 Å². The summed E-state index contributed by atoms with van der Waals surface area (Å²) in [5.74, 6) is 2.12. The van der Waals surface area contributed by atoms with Gasteiger partial charge in [-0.15, -0.1) is 0 Å². The molecule has 0 bridgehead atoms. The summed E-state index contributed by atoms with van der Waals surface area (Å²) in [7, 11) is 0. The Balaban J connectivity index is 2.42. The summed E-state index contributed by atoms with van der Waals surface area (Å²) in [6.45, 7) is 7.53. The van der Waals surface area contributed by atoms with Crippen molar-refractivity contribution < 1.29 is 4.42 Å². The quantitative estimate of drug-likeness (QED) is 0.635. The molecule has 1 atom stereocenters. The van der Waals surface area contributed by atoms with E-state index in [-0.39, 0.29) is 0 Å². The summed E-state index contributed by atoms with van der Waals surface area (Å²) in [4.78, 5) is 0. The molecule has 1 unspecified atom stereocenters. The summed E-state index contributed by atoms with van der Waals surface area (Å²) in [5, 5.41) is 3.58. The van der Waals surface area contributed by atoms with Gasteiger partial charge >= 0.3 is 0 Å². The van der Waals surface area contributed by atoms with E-state index >= 15 is 0 Å². The highest BCUT2D eigenvalue weighted by Gasteiger charge is 2.13. The van der Waals surface area contributed by atoms with Crippen molar-refractivity contribution >= 4 is 0 Å². The molecule has 1 rings (SSSR count). The molecule has 0 aliphatic carbocycles. The molecule has 0 amide bonds. The van der Waals surface area contributed by atoms with E-state index in [4.69, 9.17) is 4.42 Å². The van der Waals surface area contributed by atoms with Crippen molar-refractivity contribution in [3.63, 3.8) is 0 Å². The second-order valence-corrected chi connectivity index (χ2v) is 4.80. The van der Waals surface area contributed by atoms with E-state index in [0.717, 1.165) is 18.1 Å². The second-order valence-electron chi connectivity index (χ2n) is 4.80. The van der Waals surface area contributed by atoms with Gasteiger partial charge in [0.15, 0.2) is 0 Å². The molecule has 0 fully saturated rings. The Morgan fingerprint density at radius 1 is 1.12 bits per heavy atom. The standard InChI is InChI=1S/C15H27NO/c1-4-6-7-8-9-14(16-12-5-2)15-11-10-13(3)17-15/h10-11,14,16H,4-9,12H2,1-3H3. The molecule has 0 aliphatic heterocycles. The molecule has 1 aromatic heterocycles. The van der Waals surface area contributed by atoms with Crippen LogP contribution in [0.4, 0.5) is 0 Å². The lowest BCUT2D eigenvalue weighted by Crippen LogP contribution is -2.21. The zero-order valence-electron chi connectivity index (χ0n) is 11.6. The lowest BCUT2D eigenvalue weighted by Gasteiger charge is -2.16. The van der Waals surface area contributed by atoms with Gasteiger partial charge in [0.25, 0.3) is 0 Å². The molecular weight excluding hydrogens is 210 g/mol. The molecule has 0 saturated heterocycles. The smallest absolute Gasteiger partial charge is 0.121 e. The molecule has 98 valence electrons. The molecule has 2 nitrogen and oxygen atoms in total. The molecule has 17 heavy (non-hydrogen) atoms. The van der Waals surface area contributed by atoms with Crippen molar-refractivity contribution in [2.24, 2.45) is 0 Å². The summed E-state index contributed by atoms with van der Waals surface area (Å²) in [6, 6.07) is 4.57. The summed E-state index contributed by atoms with van der Waals surface area (Å²) in [6.07, 6.45) is 7.62. The molecule has 0 radical (unpaired) electrons.